The molecule has 1 N–H and O–H groups in total. The smallest absolute Gasteiger partial charge is 0.429 e. The fraction of sp³-hybridized carbons (Fsp3) is 0.348. The Morgan fingerprint density at radius 2 is 2.09 bits per heavy atom. The largest absolute Gasteiger partial charge is 0.489 e. The molecular formula is C23H23F3N4O2S. The van der Waals surface area contributed by atoms with Crippen LogP contribution in [0, 0.1) is 0 Å². The van der Waals surface area contributed by atoms with Crippen LogP contribution in [0.2, 0.25) is 0 Å². The fourth-order valence-electron chi connectivity index (χ4n) is 3.65. The average molecular weight is 477 g/mol. The van der Waals surface area contributed by atoms with E-state index in [0.717, 1.165) is 5.56 Å². The average Bonchev–Trinajstić information content (AvgIpc) is 3.41. The predicted molar refractivity (Wildman–Crippen MR) is 120 cm³/mol. The number of benzene rings is 1. The number of alkyl halides is 3. The zero-order valence-electron chi connectivity index (χ0n) is 17.9. The minimum Gasteiger partial charge on any atom is -0.489 e. The summed E-state index contributed by atoms with van der Waals surface area (Å²) in [6.45, 7) is 2.92. The first-order valence-corrected chi connectivity index (χ1v) is 11.4. The maximum atomic E-state index is 13.1. The summed E-state index contributed by atoms with van der Waals surface area (Å²) in [5.41, 5.74) is 1.75. The Hall–Kier alpha value is -3.14. The van der Waals surface area contributed by atoms with Crippen molar-refractivity contribution in [3.63, 3.8) is 0 Å². The van der Waals surface area contributed by atoms with Crippen molar-refractivity contribution < 1.29 is 22.7 Å². The SMILES string of the molecule is CC(NC(=O)c1cncs1)c1ccc(OC2CCN(C3=CC=CCC(C(F)(F)F)=N3)C2)cc1. The van der Waals surface area contributed by atoms with Crippen molar-refractivity contribution in [3.05, 3.63) is 70.5 Å². The lowest BCUT2D eigenvalue weighted by atomic mass is 10.1. The number of nitrogens with zero attached hydrogens (tertiary/aromatic N) is 3. The molecule has 3 heterocycles. The molecule has 6 nitrogen and oxygen atoms in total. The quantitative estimate of drug-likeness (QED) is 0.645. The van der Waals surface area contributed by atoms with Gasteiger partial charge in [0.25, 0.3) is 5.91 Å². The van der Waals surface area contributed by atoms with Gasteiger partial charge in [0.2, 0.25) is 0 Å². The van der Waals surface area contributed by atoms with Gasteiger partial charge < -0.3 is 15.0 Å². The molecule has 0 bridgehead atoms. The number of aliphatic imine (C=N–C) groups is 1. The number of hydrogen-bond acceptors (Lipinski definition) is 6. The van der Waals surface area contributed by atoms with Crippen molar-refractivity contribution in [3.8, 4) is 5.75 Å². The summed E-state index contributed by atoms with van der Waals surface area (Å²) in [5, 5.41) is 2.93. The highest BCUT2D eigenvalue weighted by molar-refractivity contribution is 7.11. The number of hydrogen-bond donors (Lipinski definition) is 1. The van der Waals surface area contributed by atoms with Crippen LogP contribution in [0.15, 0.2) is 65.0 Å². The molecule has 0 radical (unpaired) electrons. The molecule has 1 aromatic carbocycles. The van der Waals surface area contributed by atoms with Crippen LogP contribution in [0.3, 0.4) is 0 Å². The summed E-state index contributed by atoms with van der Waals surface area (Å²) in [6.07, 6.45) is 2.07. The van der Waals surface area contributed by atoms with Crippen LogP contribution >= 0.6 is 11.3 Å². The Kier molecular flexibility index (Phi) is 6.83. The van der Waals surface area contributed by atoms with E-state index in [0.29, 0.717) is 36.0 Å². The van der Waals surface area contributed by atoms with Crippen molar-refractivity contribution in [1.82, 2.24) is 15.2 Å². The van der Waals surface area contributed by atoms with Crippen LogP contribution in [0.25, 0.3) is 0 Å². The highest BCUT2D eigenvalue weighted by atomic mass is 32.1. The van der Waals surface area contributed by atoms with Gasteiger partial charge in [-0.2, -0.15) is 13.2 Å². The van der Waals surface area contributed by atoms with Crippen molar-refractivity contribution in [2.45, 2.75) is 38.1 Å². The van der Waals surface area contributed by atoms with E-state index in [1.165, 1.54) is 23.6 Å². The topological polar surface area (TPSA) is 66.8 Å². The van der Waals surface area contributed by atoms with Gasteiger partial charge in [0.1, 0.15) is 28.3 Å². The molecule has 2 unspecified atom stereocenters. The number of rotatable bonds is 6. The number of amides is 1. The molecule has 1 saturated heterocycles. The molecule has 2 atom stereocenters. The van der Waals surface area contributed by atoms with Crippen molar-refractivity contribution in [2.24, 2.45) is 4.99 Å². The molecule has 2 aromatic rings. The lowest BCUT2D eigenvalue weighted by Crippen LogP contribution is -2.27. The highest BCUT2D eigenvalue weighted by Crippen LogP contribution is 2.27. The van der Waals surface area contributed by atoms with Crippen molar-refractivity contribution in [2.75, 3.05) is 13.1 Å². The highest BCUT2D eigenvalue weighted by Gasteiger charge is 2.36. The van der Waals surface area contributed by atoms with E-state index in [2.05, 4.69) is 15.3 Å². The van der Waals surface area contributed by atoms with Gasteiger partial charge in [0.05, 0.1) is 24.3 Å². The Labute approximate surface area is 193 Å². The van der Waals surface area contributed by atoms with Gasteiger partial charge in [0.15, 0.2) is 0 Å². The molecule has 1 amide bonds. The zero-order valence-corrected chi connectivity index (χ0v) is 18.7. The summed E-state index contributed by atoms with van der Waals surface area (Å²) in [4.78, 5) is 22.3. The molecule has 33 heavy (non-hydrogen) atoms. The lowest BCUT2D eigenvalue weighted by Gasteiger charge is -2.20. The molecule has 4 rings (SSSR count). The van der Waals surface area contributed by atoms with Crippen molar-refractivity contribution >= 4 is 23.0 Å². The van der Waals surface area contributed by atoms with E-state index >= 15 is 0 Å². The molecule has 10 heteroatoms. The van der Waals surface area contributed by atoms with Crippen LogP contribution in [0.1, 0.15) is 41.0 Å². The van der Waals surface area contributed by atoms with Gasteiger partial charge in [-0.25, -0.2) is 4.99 Å². The first kappa shape index (κ1) is 23.0. The van der Waals surface area contributed by atoms with Gasteiger partial charge >= 0.3 is 6.18 Å². The van der Waals surface area contributed by atoms with Crippen LogP contribution in [-0.4, -0.2) is 46.9 Å². The first-order valence-electron chi connectivity index (χ1n) is 10.5. The number of allylic oxidation sites excluding steroid dienone is 3. The molecule has 1 fully saturated rings. The van der Waals surface area contributed by atoms with Crippen molar-refractivity contribution in [1.29, 1.82) is 0 Å². The van der Waals surface area contributed by atoms with E-state index in [1.807, 2.05) is 36.1 Å². The Morgan fingerprint density at radius 1 is 1.30 bits per heavy atom. The first-order chi connectivity index (χ1) is 15.8. The third-order valence-corrected chi connectivity index (χ3v) is 6.20. The summed E-state index contributed by atoms with van der Waals surface area (Å²) < 4.78 is 45.4. The van der Waals surface area contributed by atoms with Crippen LogP contribution < -0.4 is 10.1 Å². The maximum absolute atomic E-state index is 13.1. The van der Waals surface area contributed by atoms with Gasteiger partial charge in [-0.15, -0.1) is 11.3 Å². The standard InChI is InChI=1S/C23H23F3N4O2S/c1-15(28-22(31)19-12-27-14-33-19)16-6-8-17(9-7-16)32-18-10-11-30(13-18)21-5-3-2-4-20(29-21)23(24,25)26/h2-3,5-9,12,14-15,18H,4,10-11,13H2,1H3,(H,28,31). The van der Waals surface area contributed by atoms with E-state index < -0.39 is 11.9 Å². The zero-order chi connectivity index (χ0) is 23.4. The van der Waals surface area contributed by atoms with Crippen LogP contribution in [-0.2, 0) is 0 Å². The van der Waals surface area contributed by atoms with Gasteiger partial charge in [0, 0.05) is 19.4 Å². The number of nitrogens with one attached hydrogen (secondary N) is 1. The van der Waals surface area contributed by atoms with E-state index in [9.17, 15) is 18.0 Å². The third-order valence-electron chi connectivity index (χ3n) is 5.42. The molecule has 2 aliphatic heterocycles. The minimum atomic E-state index is -4.44. The maximum Gasteiger partial charge on any atom is 0.429 e. The number of likely N-dealkylation sites (tertiary alicyclic amines) is 1. The second-order valence-corrected chi connectivity index (χ2v) is 8.70. The van der Waals surface area contributed by atoms with Crippen LogP contribution in [0.4, 0.5) is 13.2 Å². The molecule has 0 aliphatic carbocycles. The molecular weight excluding hydrogens is 453 g/mol. The number of thiazole rings is 1. The van der Waals surface area contributed by atoms with Gasteiger partial charge in [-0.1, -0.05) is 24.3 Å². The summed E-state index contributed by atoms with van der Waals surface area (Å²) >= 11 is 1.28. The summed E-state index contributed by atoms with van der Waals surface area (Å²) in [7, 11) is 0. The van der Waals surface area contributed by atoms with Gasteiger partial charge in [-0.05, 0) is 30.7 Å². The van der Waals surface area contributed by atoms with Crippen LogP contribution in [0.5, 0.6) is 5.75 Å². The summed E-state index contributed by atoms with van der Waals surface area (Å²) in [5.74, 6) is 0.805. The summed E-state index contributed by atoms with van der Waals surface area (Å²) in [6, 6.07) is 7.25. The van der Waals surface area contributed by atoms with Gasteiger partial charge in [-0.3, -0.25) is 9.78 Å². The Morgan fingerprint density at radius 3 is 2.79 bits per heavy atom. The second kappa shape index (κ2) is 9.78. The Balaban J connectivity index is 1.33. The molecule has 1 aromatic heterocycles. The second-order valence-electron chi connectivity index (χ2n) is 7.82. The molecule has 174 valence electrons. The number of ether oxygens (including phenoxy) is 1. The monoisotopic (exact) mass is 476 g/mol. The number of carbonyl (C=O) groups is 1. The molecule has 2 aliphatic rings. The number of carbonyl (C=O) groups excluding carboxylic acids is 1. The lowest BCUT2D eigenvalue weighted by molar-refractivity contribution is -0.0601. The van der Waals surface area contributed by atoms with E-state index in [1.54, 1.807) is 17.7 Å². The van der Waals surface area contributed by atoms with E-state index in [-0.39, 0.29) is 24.5 Å². The number of aromatic nitrogens is 1. The predicted octanol–water partition coefficient (Wildman–Crippen LogP) is 4.89. The molecule has 0 saturated carbocycles. The Bertz CT molecular complexity index is 1060. The minimum absolute atomic E-state index is 0.156. The normalized spacial score (nSPS) is 19.5. The van der Waals surface area contributed by atoms with E-state index in [4.69, 9.17) is 4.74 Å². The third kappa shape index (κ3) is 5.81. The number of halogens is 3. The fourth-order valence-corrected chi connectivity index (χ4v) is 4.17. The molecule has 0 spiro atoms.